The van der Waals surface area contributed by atoms with Crippen molar-refractivity contribution in [2.45, 2.75) is 25.1 Å². The fourth-order valence-electron chi connectivity index (χ4n) is 1.69. The van der Waals surface area contributed by atoms with Crippen molar-refractivity contribution < 1.29 is 27.8 Å². The minimum Gasteiger partial charge on any atom is -0.496 e. The predicted molar refractivity (Wildman–Crippen MR) is 58.2 cm³/mol. The first-order valence-electron chi connectivity index (χ1n) is 5.14. The van der Waals surface area contributed by atoms with Gasteiger partial charge in [-0.15, -0.1) is 0 Å². The standard InChI is InChI=1S/C12H13F3O3/c1-8(16)7-11(17,12(13,14)15)9-5-3-4-6-10(9)18-2/h3-6,17H,7H2,1-2H3/t11-/m0/s1. The van der Waals surface area contributed by atoms with Crippen LogP contribution in [0.5, 0.6) is 5.75 Å². The number of ether oxygens (including phenoxy) is 1. The Morgan fingerprint density at radius 3 is 2.33 bits per heavy atom. The predicted octanol–water partition coefficient (Wildman–Crippen LogP) is 2.42. The Kier molecular flexibility index (Phi) is 4.01. The lowest BCUT2D eigenvalue weighted by molar-refractivity contribution is -0.267. The Hall–Kier alpha value is -1.56. The quantitative estimate of drug-likeness (QED) is 0.906. The van der Waals surface area contributed by atoms with Crippen LogP contribution in [0.25, 0.3) is 0 Å². The Morgan fingerprint density at radius 1 is 1.33 bits per heavy atom. The van der Waals surface area contributed by atoms with Crippen molar-refractivity contribution >= 4 is 5.78 Å². The molecule has 0 spiro atoms. The van der Waals surface area contributed by atoms with Crippen LogP contribution in [0.3, 0.4) is 0 Å². The van der Waals surface area contributed by atoms with Crippen LogP contribution >= 0.6 is 0 Å². The molecule has 0 radical (unpaired) electrons. The van der Waals surface area contributed by atoms with E-state index in [4.69, 9.17) is 4.74 Å². The van der Waals surface area contributed by atoms with Crippen molar-refractivity contribution in [3.8, 4) is 5.75 Å². The third kappa shape index (κ3) is 2.64. The molecule has 0 saturated carbocycles. The first-order chi connectivity index (χ1) is 8.22. The number of benzene rings is 1. The van der Waals surface area contributed by atoms with E-state index < -0.39 is 29.5 Å². The number of Topliss-reactive ketones (excluding diaryl/α,β-unsaturated/α-hetero) is 1. The molecule has 0 heterocycles. The minimum atomic E-state index is -4.96. The molecule has 1 aromatic rings. The van der Waals surface area contributed by atoms with Gasteiger partial charge in [-0.1, -0.05) is 18.2 Å². The van der Waals surface area contributed by atoms with Gasteiger partial charge in [0.15, 0.2) is 5.60 Å². The summed E-state index contributed by atoms with van der Waals surface area (Å²) in [4.78, 5) is 11.0. The second-order valence-corrected chi connectivity index (χ2v) is 3.94. The van der Waals surface area contributed by atoms with Crippen molar-refractivity contribution in [1.29, 1.82) is 0 Å². The number of methoxy groups -OCH3 is 1. The molecule has 0 aliphatic carbocycles. The summed E-state index contributed by atoms with van der Waals surface area (Å²) >= 11 is 0. The third-order valence-electron chi connectivity index (χ3n) is 2.53. The van der Waals surface area contributed by atoms with Gasteiger partial charge in [0.1, 0.15) is 11.5 Å². The van der Waals surface area contributed by atoms with Crippen molar-refractivity contribution in [1.82, 2.24) is 0 Å². The number of aliphatic hydroxyl groups is 1. The van der Waals surface area contributed by atoms with Gasteiger partial charge in [-0.3, -0.25) is 4.79 Å². The van der Waals surface area contributed by atoms with Crippen molar-refractivity contribution in [3.63, 3.8) is 0 Å². The molecule has 0 aliphatic rings. The van der Waals surface area contributed by atoms with Gasteiger partial charge in [0, 0.05) is 12.0 Å². The number of para-hydroxylation sites is 1. The summed E-state index contributed by atoms with van der Waals surface area (Å²) < 4.78 is 43.8. The second-order valence-electron chi connectivity index (χ2n) is 3.94. The lowest BCUT2D eigenvalue weighted by Gasteiger charge is -2.31. The van der Waals surface area contributed by atoms with Gasteiger partial charge < -0.3 is 9.84 Å². The number of hydrogen-bond donors (Lipinski definition) is 1. The SMILES string of the molecule is COc1ccccc1[C@@](O)(CC(C)=O)C(F)(F)F. The third-order valence-corrected chi connectivity index (χ3v) is 2.53. The summed E-state index contributed by atoms with van der Waals surface area (Å²) in [6.07, 6.45) is -6.01. The zero-order valence-electron chi connectivity index (χ0n) is 9.91. The van der Waals surface area contributed by atoms with Crippen molar-refractivity contribution in [2.24, 2.45) is 0 Å². The number of ketones is 1. The van der Waals surface area contributed by atoms with Crippen LogP contribution in [0.15, 0.2) is 24.3 Å². The molecule has 0 aromatic heterocycles. The number of rotatable bonds is 4. The summed E-state index contributed by atoms with van der Waals surface area (Å²) in [5, 5.41) is 9.88. The largest absolute Gasteiger partial charge is 0.496 e. The maximum Gasteiger partial charge on any atom is 0.422 e. The molecule has 1 atom stereocenters. The topological polar surface area (TPSA) is 46.5 Å². The fraction of sp³-hybridized carbons (Fsp3) is 0.417. The van der Waals surface area contributed by atoms with Crippen LogP contribution in [0.2, 0.25) is 0 Å². The van der Waals surface area contributed by atoms with E-state index in [1.54, 1.807) is 0 Å². The number of carbonyl (C=O) groups is 1. The van der Waals surface area contributed by atoms with Crippen molar-refractivity contribution in [2.75, 3.05) is 7.11 Å². The minimum absolute atomic E-state index is 0.112. The molecule has 1 N–H and O–H groups in total. The smallest absolute Gasteiger partial charge is 0.422 e. The van der Waals surface area contributed by atoms with Gasteiger partial charge in [-0.25, -0.2) is 0 Å². The Labute approximate surface area is 102 Å². The van der Waals surface area contributed by atoms with Gasteiger partial charge >= 0.3 is 6.18 Å². The van der Waals surface area contributed by atoms with E-state index in [9.17, 15) is 23.1 Å². The molecule has 0 fully saturated rings. The highest BCUT2D eigenvalue weighted by Crippen LogP contribution is 2.44. The molecule has 0 saturated heterocycles. The Bertz CT molecular complexity index is 442. The number of alkyl halides is 3. The molecule has 1 rings (SSSR count). The van der Waals surface area contributed by atoms with E-state index in [-0.39, 0.29) is 5.75 Å². The Balaban J connectivity index is 3.39. The van der Waals surface area contributed by atoms with Crippen LogP contribution in [0.4, 0.5) is 13.2 Å². The summed E-state index contributed by atoms with van der Waals surface area (Å²) in [5.41, 5.74) is -3.69. The van der Waals surface area contributed by atoms with E-state index in [1.165, 1.54) is 25.3 Å². The fourth-order valence-corrected chi connectivity index (χ4v) is 1.69. The summed E-state index contributed by atoms with van der Waals surface area (Å²) in [6, 6.07) is 5.21. The summed E-state index contributed by atoms with van der Waals surface area (Å²) in [5.74, 6) is -0.876. The molecular weight excluding hydrogens is 249 g/mol. The highest BCUT2D eigenvalue weighted by molar-refractivity contribution is 5.77. The van der Waals surface area contributed by atoms with E-state index in [0.717, 1.165) is 13.0 Å². The maximum atomic E-state index is 13.0. The van der Waals surface area contributed by atoms with Gasteiger partial charge in [-0.05, 0) is 13.0 Å². The molecule has 3 nitrogen and oxygen atoms in total. The number of hydrogen-bond acceptors (Lipinski definition) is 3. The van der Waals surface area contributed by atoms with Gasteiger partial charge in [-0.2, -0.15) is 13.2 Å². The zero-order chi connectivity index (χ0) is 14.0. The molecular formula is C12H13F3O3. The first kappa shape index (κ1) is 14.5. The van der Waals surface area contributed by atoms with Crippen molar-refractivity contribution in [3.05, 3.63) is 29.8 Å². The maximum absolute atomic E-state index is 13.0. The highest BCUT2D eigenvalue weighted by atomic mass is 19.4. The average Bonchev–Trinajstić information content (AvgIpc) is 2.26. The summed E-state index contributed by atoms with van der Waals surface area (Å²) in [6.45, 7) is 0.992. The number of carbonyl (C=O) groups excluding carboxylic acids is 1. The molecule has 6 heteroatoms. The van der Waals surface area contributed by atoms with Crippen LogP contribution in [-0.2, 0) is 10.4 Å². The van der Waals surface area contributed by atoms with Gasteiger partial charge in [0.2, 0.25) is 0 Å². The van der Waals surface area contributed by atoms with Crippen LogP contribution < -0.4 is 4.74 Å². The molecule has 0 bridgehead atoms. The zero-order valence-corrected chi connectivity index (χ0v) is 9.91. The monoisotopic (exact) mass is 262 g/mol. The molecule has 18 heavy (non-hydrogen) atoms. The molecule has 100 valence electrons. The van der Waals surface area contributed by atoms with Gasteiger partial charge in [0.25, 0.3) is 0 Å². The first-order valence-corrected chi connectivity index (χ1v) is 5.14. The summed E-state index contributed by atoms with van der Waals surface area (Å²) in [7, 11) is 1.20. The van der Waals surface area contributed by atoms with Crippen LogP contribution in [0, 0.1) is 0 Å². The average molecular weight is 262 g/mol. The normalized spacial score (nSPS) is 15.0. The molecule has 1 aromatic carbocycles. The highest BCUT2D eigenvalue weighted by Gasteiger charge is 2.56. The lowest BCUT2D eigenvalue weighted by atomic mass is 9.87. The Morgan fingerprint density at radius 2 is 1.89 bits per heavy atom. The van der Waals surface area contributed by atoms with Crippen LogP contribution in [-0.4, -0.2) is 24.2 Å². The second kappa shape index (κ2) is 4.97. The number of halogens is 3. The van der Waals surface area contributed by atoms with E-state index in [2.05, 4.69) is 0 Å². The molecule has 0 unspecified atom stereocenters. The lowest BCUT2D eigenvalue weighted by Crippen LogP contribution is -2.44. The van der Waals surface area contributed by atoms with E-state index in [1.807, 2.05) is 0 Å². The molecule has 0 amide bonds. The van der Waals surface area contributed by atoms with Crippen LogP contribution in [0.1, 0.15) is 18.9 Å². The van der Waals surface area contributed by atoms with E-state index >= 15 is 0 Å². The van der Waals surface area contributed by atoms with E-state index in [0.29, 0.717) is 0 Å². The molecule has 0 aliphatic heterocycles. The van der Waals surface area contributed by atoms with Gasteiger partial charge in [0.05, 0.1) is 7.11 Å².